The quantitative estimate of drug-likeness (QED) is 0.362. The molecule has 0 radical (unpaired) electrons. The summed E-state index contributed by atoms with van der Waals surface area (Å²) in [6.45, 7) is 2.99. The van der Waals surface area contributed by atoms with E-state index in [9.17, 15) is 26.4 Å². The molecule has 118 valence electrons. The van der Waals surface area contributed by atoms with E-state index >= 15 is 0 Å². The molecule has 0 heterocycles. The highest BCUT2D eigenvalue weighted by atomic mass is 32.2. The van der Waals surface area contributed by atoms with Crippen LogP contribution in [0.5, 0.6) is 5.75 Å². The number of carbonyl (C=O) groups is 1. The molecular weight excluding hydrogens is 321 g/mol. The number of benzene rings is 1. The van der Waals surface area contributed by atoms with Crippen molar-refractivity contribution >= 4 is 15.9 Å². The average Bonchev–Trinajstić information content (AvgIpc) is 2.56. The number of hydrogen-bond donors (Lipinski definition) is 0. The van der Waals surface area contributed by atoms with Gasteiger partial charge in [0.05, 0.1) is 0 Å². The van der Waals surface area contributed by atoms with Crippen LogP contribution in [0.1, 0.15) is 33.5 Å². The first kappa shape index (κ1) is 16.4. The number of hydrogen-bond acceptors (Lipinski definition) is 4. The van der Waals surface area contributed by atoms with Crippen molar-refractivity contribution in [2.24, 2.45) is 0 Å². The number of alkyl halides is 3. The van der Waals surface area contributed by atoms with E-state index in [1.54, 1.807) is 6.92 Å². The van der Waals surface area contributed by atoms with E-state index in [4.69, 9.17) is 0 Å². The molecule has 1 aliphatic rings. The molecule has 0 spiro atoms. The third-order valence-electron chi connectivity index (χ3n) is 3.32. The molecule has 0 aliphatic heterocycles. The molecule has 4 nitrogen and oxygen atoms in total. The summed E-state index contributed by atoms with van der Waals surface area (Å²) in [4.78, 5) is 11.9. The topological polar surface area (TPSA) is 60.4 Å². The van der Waals surface area contributed by atoms with Crippen molar-refractivity contribution in [3.63, 3.8) is 0 Å². The zero-order valence-corrected chi connectivity index (χ0v) is 12.5. The number of halogens is 3. The fourth-order valence-electron chi connectivity index (χ4n) is 2.06. The summed E-state index contributed by atoms with van der Waals surface area (Å²) in [5, 5.41) is 0. The molecule has 8 heteroatoms. The lowest BCUT2D eigenvalue weighted by atomic mass is 9.94. The van der Waals surface area contributed by atoms with Gasteiger partial charge in [0.2, 0.25) is 5.78 Å². The van der Waals surface area contributed by atoms with Crippen molar-refractivity contribution in [2.75, 3.05) is 0 Å². The summed E-state index contributed by atoms with van der Waals surface area (Å²) in [6.07, 6.45) is 0.363. The number of aryl methyl sites for hydroxylation is 1. The molecule has 1 aromatic rings. The number of Topliss-reactive ketones (excluding diaryl/α,β-unsaturated/α-hetero) is 1. The Hall–Kier alpha value is -2.01. The van der Waals surface area contributed by atoms with Crippen molar-refractivity contribution < 1.29 is 30.6 Å². The van der Waals surface area contributed by atoms with Gasteiger partial charge in [0.1, 0.15) is 5.75 Å². The van der Waals surface area contributed by atoms with Gasteiger partial charge in [-0.15, -0.1) is 0 Å². The fraction of sp³-hybridized carbons (Fsp3) is 0.357. The van der Waals surface area contributed by atoms with E-state index in [0.29, 0.717) is 5.56 Å². The first-order chi connectivity index (χ1) is 10.0. The van der Waals surface area contributed by atoms with Crippen LogP contribution in [0.25, 0.3) is 0 Å². The maximum Gasteiger partial charge on any atom is 0.534 e. The predicted molar refractivity (Wildman–Crippen MR) is 71.9 cm³/mol. The second kappa shape index (κ2) is 5.32. The SMILES string of the molecule is Cc1cc2c(c(OS(=O)(=O)C(F)(F)F)c1C)CCC#CC2=O. The highest BCUT2D eigenvalue weighted by Crippen LogP contribution is 2.36. The van der Waals surface area contributed by atoms with E-state index in [1.807, 2.05) is 0 Å². The Labute approximate surface area is 125 Å². The first-order valence-electron chi connectivity index (χ1n) is 6.21. The highest BCUT2D eigenvalue weighted by molar-refractivity contribution is 7.88. The lowest BCUT2D eigenvalue weighted by Gasteiger charge is -2.18. The molecule has 0 atom stereocenters. The van der Waals surface area contributed by atoms with Crippen molar-refractivity contribution in [2.45, 2.75) is 32.2 Å². The number of ketones is 1. The van der Waals surface area contributed by atoms with Crippen molar-refractivity contribution in [1.82, 2.24) is 0 Å². The second-order valence-electron chi connectivity index (χ2n) is 4.79. The van der Waals surface area contributed by atoms with Crippen LogP contribution < -0.4 is 4.18 Å². The minimum absolute atomic E-state index is 0.0838. The fourth-order valence-corrected chi connectivity index (χ4v) is 2.60. The molecule has 0 unspecified atom stereocenters. The maximum absolute atomic E-state index is 12.5. The van der Waals surface area contributed by atoms with E-state index in [1.165, 1.54) is 13.0 Å². The first-order valence-corrected chi connectivity index (χ1v) is 7.62. The van der Waals surface area contributed by atoms with Gasteiger partial charge in [-0.2, -0.15) is 21.6 Å². The number of carbonyl (C=O) groups excluding carboxylic acids is 1. The molecule has 0 bridgehead atoms. The molecule has 22 heavy (non-hydrogen) atoms. The van der Waals surface area contributed by atoms with Gasteiger partial charge in [-0.05, 0) is 43.4 Å². The van der Waals surface area contributed by atoms with Gasteiger partial charge >= 0.3 is 15.6 Å². The Morgan fingerprint density at radius 2 is 1.91 bits per heavy atom. The Morgan fingerprint density at radius 1 is 1.27 bits per heavy atom. The third kappa shape index (κ3) is 2.81. The van der Waals surface area contributed by atoms with Crippen LogP contribution in [-0.4, -0.2) is 19.7 Å². The van der Waals surface area contributed by atoms with Gasteiger partial charge in [0.15, 0.2) is 0 Å². The summed E-state index contributed by atoms with van der Waals surface area (Å²) < 4.78 is 64.5. The van der Waals surface area contributed by atoms with Gasteiger partial charge in [-0.3, -0.25) is 4.79 Å². The van der Waals surface area contributed by atoms with Crippen molar-refractivity contribution in [3.8, 4) is 17.6 Å². The van der Waals surface area contributed by atoms with Gasteiger partial charge in [-0.1, -0.05) is 5.92 Å². The molecule has 1 aromatic carbocycles. The third-order valence-corrected chi connectivity index (χ3v) is 4.27. The molecule has 0 amide bonds. The van der Waals surface area contributed by atoms with E-state index < -0.39 is 27.2 Å². The summed E-state index contributed by atoms with van der Waals surface area (Å²) in [6, 6.07) is 1.49. The summed E-state index contributed by atoms with van der Waals surface area (Å²) in [7, 11) is -5.81. The van der Waals surface area contributed by atoms with E-state index in [2.05, 4.69) is 16.0 Å². The molecule has 0 aromatic heterocycles. The van der Waals surface area contributed by atoms with Crippen LogP contribution in [-0.2, 0) is 16.5 Å². The second-order valence-corrected chi connectivity index (χ2v) is 6.33. The van der Waals surface area contributed by atoms with Crippen LogP contribution >= 0.6 is 0 Å². The Balaban J connectivity index is 2.65. The lowest BCUT2D eigenvalue weighted by Crippen LogP contribution is -2.29. The summed E-state index contributed by atoms with van der Waals surface area (Å²) >= 11 is 0. The van der Waals surface area contributed by atoms with Crippen LogP contribution in [0.2, 0.25) is 0 Å². The highest BCUT2D eigenvalue weighted by Gasteiger charge is 2.49. The smallest absolute Gasteiger partial charge is 0.375 e. The summed E-state index contributed by atoms with van der Waals surface area (Å²) in [5.41, 5.74) is -4.65. The minimum Gasteiger partial charge on any atom is -0.375 e. The Bertz CT molecular complexity index is 811. The van der Waals surface area contributed by atoms with Gasteiger partial charge < -0.3 is 4.18 Å². The van der Waals surface area contributed by atoms with Crippen LogP contribution in [0.15, 0.2) is 6.07 Å². The molecular formula is C14H11F3O4S. The minimum atomic E-state index is -5.81. The zero-order valence-electron chi connectivity index (χ0n) is 11.7. The summed E-state index contributed by atoms with van der Waals surface area (Å²) in [5.74, 6) is 3.92. The normalized spacial score (nSPS) is 14.7. The van der Waals surface area contributed by atoms with Crippen LogP contribution in [0, 0.1) is 25.7 Å². The van der Waals surface area contributed by atoms with Gasteiger partial charge in [0.25, 0.3) is 0 Å². The largest absolute Gasteiger partial charge is 0.534 e. The molecule has 0 N–H and O–H groups in total. The standard InChI is InChI=1S/C14H11F3O4S/c1-8-7-11-10(5-3-4-6-12(11)18)13(9(8)2)21-22(19,20)14(15,16)17/h7H,3,5H2,1-2H3. The maximum atomic E-state index is 12.5. The van der Waals surface area contributed by atoms with E-state index in [-0.39, 0.29) is 29.5 Å². The Kier molecular flexibility index (Phi) is 3.96. The lowest BCUT2D eigenvalue weighted by molar-refractivity contribution is -0.0500. The molecule has 2 rings (SSSR count). The predicted octanol–water partition coefficient (Wildman–Crippen LogP) is 2.66. The Morgan fingerprint density at radius 3 is 2.50 bits per heavy atom. The molecule has 0 saturated carbocycles. The van der Waals surface area contributed by atoms with E-state index in [0.717, 1.165) is 0 Å². The molecule has 1 aliphatic carbocycles. The molecule has 0 fully saturated rings. The van der Waals surface area contributed by atoms with Gasteiger partial charge in [0, 0.05) is 17.5 Å². The molecule has 0 saturated heterocycles. The monoisotopic (exact) mass is 332 g/mol. The van der Waals surface area contributed by atoms with Crippen molar-refractivity contribution in [1.29, 1.82) is 0 Å². The van der Waals surface area contributed by atoms with Gasteiger partial charge in [-0.25, -0.2) is 0 Å². The average molecular weight is 332 g/mol. The van der Waals surface area contributed by atoms with Crippen molar-refractivity contribution in [3.05, 3.63) is 28.3 Å². The zero-order chi connectivity index (χ0) is 16.7. The van der Waals surface area contributed by atoms with Crippen LogP contribution in [0.4, 0.5) is 13.2 Å². The number of rotatable bonds is 2. The number of fused-ring (bicyclic) bond motifs is 1. The van der Waals surface area contributed by atoms with Crippen LogP contribution in [0.3, 0.4) is 0 Å².